The van der Waals surface area contributed by atoms with Crippen molar-refractivity contribution in [3.05, 3.63) is 66.3 Å². The van der Waals surface area contributed by atoms with Crippen LogP contribution in [0.3, 0.4) is 0 Å². The Morgan fingerprint density at radius 1 is 1.32 bits per heavy atom. The topological polar surface area (TPSA) is 55.1 Å². The highest BCUT2D eigenvalue weighted by Crippen LogP contribution is 2.18. The van der Waals surface area contributed by atoms with Crippen molar-refractivity contribution in [2.75, 3.05) is 6.54 Å². The second-order valence-electron chi connectivity index (χ2n) is 4.58. The molecule has 0 aliphatic rings. The number of aromatic nitrogens is 1. The number of benzene rings is 1. The maximum absolute atomic E-state index is 12.9. The SMILES string of the molecule is C/C=C/C=C/C(=O)NCCc1coc(-c2ccc(F)cc2)n1. The van der Waals surface area contributed by atoms with E-state index < -0.39 is 0 Å². The first-order valence-electron chi connectivity index (χ1n) is 6.96. The third-order valence-corrected chi connectivity index (χ3v) is 2.87. The van der Waals surface area contributed by atoms with Gasteiger partial charge in [-0.05, 0) is 31.2 Å². The van der Waals surface area contributed by atoms with Crippen LogP contribution in [0.1, 0.15) is 12.6 Å². The smallest absolute Gasteiger partial charge is 0.243 e. The van der Waals surface area contributed by atoms with Gasteiger partial charge in [-0.2, -0.15) is 0 Å². The molecule has 5 heteroatoms. The fourth-order valence-electron chi connectivity index (χ4n) is 1.77. The van der Waals surface area contributed by atoms with Gasteiger partial charge in [0.15, 0.2) is 0 Å². The Morgan fingerprint density at radius 3 is 2.82 bits per heavy atom. The fraction of sp³-hybridized carbons (Fsp3) is 0.176. The molecular formula is C17H17FN2O2. The summed E-state index contributed by atoms with van der Waals surface area (Å²) >= 11 is 0. The summed E-state index contributed by atoms with van der Waals surface area (Å²) < 4.78 is 18.2. The van der Waals surface area contributed by atoms with E-state index in [4.69, 9.17) is 4.42 Å². The number of nitrogens with zero attached hydrogens (tertiary/aromatic N) is 1. The molecule has 2 rings (SSSR count). The van der Waals surface area contributed by atoms with Crippen molar-refractivity contribution in [1.29, 1.82) is 0 Å². The minimum Gasteiger partial charge on any atom is -0.444 e. The average molecular weight is 300 g/mol. The van der Waals surface area contributed by atoms with Crippen LogP contribution in [0.4, 0.5) is 4.39 Å². The van der Waals surface area contributed by atoms with E-state index in [-0.39, 0.29) is 11.7 Å². The Bertz CT molecular complexity index is 672. The Hall–Kier alpha value is -2.69. The molecule has 0 aliphatic heterocycles. The maximum atomic E-state index is 12.9. The van der Waals surface area contributed by atoms with Gasteiger partial charge in [-0.1, -0.05) is 18.2 Å². The molecule has 0 saturated heterocycles. The van der Waals surface area contributed by atoms with Crippen LogP contribution < -0.4 is 5.32 Å². The van der Waals surface area contributed by atoms with Gasteiger partial charge in [0.05, 0.1) is 5.69 Å². The molecule has 1 N–H and O–H groups in total. The van der Waals surface area contributed by atoms with Gasteiger partial charge < -0.3 is 9.73 Å². The minimum absolute atomic E-state index is 0.152. The number of carbonyl (C=O) groups is 1. The predicted octanol–water partition coefficient (Wildman–Crippen LogP) is 3.27. The lowest BCUT2D eigenvalue weighted by Crippen LogP contribution is -2.23. The van der Waals surface area contributed by atoms with Crippen LogP contribution in [-0.4, -0.2) is 17.4 Å². The average Bonchev–Trinajstić information content (AvgIpc) is 2.97. The zero-order chi connectivity index (χ0) is 15.8. The highest BCUT2D eigenvalue weighted by molar-refractivity contribution is 5.87. The summed E-state index contributed by atoms with van der Waals surface area (Å²) in [7, 11) is 0. The molecule has 0 aliphatic carbocycles. The standard InChI is InChI=1S/C17H17FN2O2/c1-2-3-4-5-16(21)19-11-10-15-12-22-17(20-15)13-6-8-14(18)9-7-13/h2-9,12H,10-11H2,1H3,(H,19,21)/b3-2+,5-4+. The van der Waals surface area contributed by atoms with Crippen LogP contribution in [0.25, 0.3) is 11.5 Å². The first kappa shape index (κ1) is 15.7. The molecule has 1 heterocycles. The van der Waals surface area contributed by atoms with Crippen LogP contribution in [0.15, 0.2) is 59.2 Å². The third-order valence-electron chi connectivity index (χ3n) is 2.87. The maximum Gasteiger partial charge on any atom is 0.243 e. The molecule has 0 atom stereocenters. The summed E-state index contributed by atoms with van der Waals surface area (Å²) in [4.78, 5) is 15.8. The third kappa shape index (κ3) is 4.70. The number of carbonyl (C=O) groups excluding carboxylic acids is 1. The van der Waals surface area contributed by atoms with Crippen molar-refractivity contribution >= 4 is 5.91 Å². The van der Waals surface area contributed by atoms with Gasteiger partial charge in [-0.15, -0.1) is 0 Å². The molecule has 0 radical (unpaired) electrons. The molecule has 1 amide bonds. The first-order chi connectivity index (χ1) is 10.7. The molecule has 0 spiro atoms. The molecule has 22 heavy (non-hydrogen) atoms. The van der Waals surface area contributed by atoms with Crippen molar-refractivity contribution in [2.45, 2.75) is 13.3 Å². The number of allylic oxidation sites excluding steroid dienone is 3. The van der Waals surface area contributed by atoms with Gasteiger partial charge >= 0.3 is 0 Å². The second kappa shape index (κ2) is 7.93. The van der Waals surface area contributed by atoms with Crippen molar-refractivity contribution in [3.63, 3.8) is 0 Å². The van der Waals surface area contributed by atoms with Crippen molar-refractivity contribution < 1.29 is 13.6 Å². The van der Waals surface area contributed by atoms with E-state index in [0.29, 0.717) is 24.4 Å². The van der Waals surface area contributed by atoms with Crippen LogP contribution >= 0.6 is 0 Å². The molecule has 0 fully saturated rings. The highest BCUT2D eigenvalue weighted by atomic mass is 19.1. The van der Waals surface area contributed by atoms with E-state index in [1.54, 1.807) is 30.5 Å². The summed E-state index contributed by atoms with van der Waals surface area (Å²) in [5.74, 6) is -0.0149. The number of oxazole rings is 1. The van der Waals surface area contributed by atoms with Gasteiger partial charge in [0.2, 0.25) is 11.8 Å². The lowest BCUT2D eigenvalue weighted by molar-refractivity contribution is -0.116. The normalized spacial score (nSPS) is 11.4. The Balaban J connectivity index is 1.85. The van der Waals surface area contributed by atoms with E-state index in [9.17, 15) is 9.18 Å². The van der Waals surface area contributed by atoms with Crippen LogP contribution in [0.5, 0.6) is 0 Å². The summed E-state index contributed by atoms with van der Waals surface area (Å²) in [6, 6.07) is 5.94. The van der Waals surface area contributed by atoms with Gasteiger partial charge in [0.1, 0.15) is 12.1 Å². The van der Waals surface area contributed by atoms with Crippen LogP contribution in [-0.2, 0) is 11.2 Å². The number of nitrogens with one attached hydrogen (secondary N) is 1. The summed E-state index contributed by atoms with van der Waals surface area (Å²) in [5.41, 5.74) is 1.45. The Labute approximate surface area is 128 Å². The number of rotatable bonds is 6. The molecule has 0 saturated carbocycles. The van der Waals surface area contributed by atoms with Crippen molar-refractivity contribution in [2.24, 2.45) is 0 Å². The highest BCUT2D eigenvalue weighted by Gasteiger charge is 2.07. The predicted molar refractivity (Wildman–Crippen MR) is 82.6 cm³/mol. The lowest BCUT2D eigenvalue weighted by Gasteiger charge is -1.98. The van der Waals surface area contributed by atoms with Crippen LogP contribution in [0, 0.1) is 5.82 Å². The number of hydrogen-bond acceptors (Lipinski definition) is 3. The lowest BCUT2D eigenvalue weighted by atomic mass is 10.2. The number of amides is 1. The molecular weight excluding hydrogens is 283 g/mol. The molecule has 0 unspecified atom stereocenters. The molecule has 114 valence electrons. The summed E-state index contributed by atoms with van der Waals surface area (Å²) in [6.07, 6.45) is 8.88. The van der Waals surface area contributed by atoms with E-state index in [2.05, 4.69) is 10.3 Å². The van der Waals surface area contributed by atoms with Gasteiger partial charge in [0.25, 0.3) is 0 Å². The Morgan fingerprint density at radius 2 is 2.09 bits per heavy atom. The van der Waals surface area contributed by atoms with E-state index in [1.807, 2.05) is 13.0 Å². The largest absolute Gasteiger partial charge is 0.444 e. The number of hydrogen-bond donors (Lipinski definition) is 1. The summed E-state index contributed by atoms with van der Waals surface area (Å²) in [5, 5.41) is 2.76. The van der Waals surface area contributed by atoms with Gasteiger partial charge in [-0.3, -0.25) is 4.79 Å². The minimum atomic E-state index is -0.302. The quantitative estimate of drug-likeness (QED) is 0.658. The molecule has 4 nitrogen and oxygen atoms in total. The van der Waals surface area contributed by atoms with E-state index >= 15 is 0 Å². The van der Waals surface area contributed by atoms with E-state index in [0.717, 1.165) is 5.69 Å². The zero-order valence-corrected chi connectivity index (χ0v) is 12.3. The van der Waals surface area contributed by atoms with Gasteiger partial charge in [0, 0.05) is 24.6 Å². The molecule has 1 aromatic carbocycles. The molecule has 1 aromatic heterocycles. The van der Waals surface area contributed by atoms with Gasteiger partial charge in [-0.25, -0.2) is 9.37 Å². The monoisotopic (exact) mass is 300 g/mol. The number of halogens is 1. The molecule has 2 aromatic rings. The summed E-state index contributed by atoms with van der Waals surface area (Å²) in [6.45, 7) is 2.35. The van der Waals surface area contributed by atoms with E-state index in [1.165, 1.54) is 18.2 Å². The second-order valence-corrected chi connectivity index (χ2v) is 4.58. The Kier molecular flexibility index (Phi) is 5.65. The zero-order valence-electron chi connectivity index (χ0n) is 12.3. The van der Waals surface area contributed by atoms with Crippen LogP contribution in [0.2, 0.25) is 0 Å². The first-order valence-corrected chi connectivity index (χ1v) is 6.96. The fourth-order valence-corrected chi connectivity index (χ4v) is 1.77. The van der Waals surface area contributed by atoms with Crippen molar-refractivity contribution in [3.8, 4) is 11.5 Å². The molecule has 0 bridgehead atoms. The van der Waals surface area contributed by atoms with Crippen molar-refractivity contribution in [1.82, 2.24) is 10.3 Å².